The number of rotatable bonds is 2. The number of benzene rings is 1. The molecule has 20 heavy (non-hydrogen) atoms. The van der Waals surface area contributed by atoms with Crippen molar-refractivity contribution in [1.29, 1.82) is 0 Å². The molecular weight excluding hydrogens is 254 g/mol. The summed E-state index contributed by atoms with van der Waals surface area (Å²) in [5, 5.41) is 10.6. The van der Waals surface area contributed by atoms with Crippen LogP contribution in [0, 0.1) is 11.8 Å². The molecule has 0 radical (unpaired) electrons. The number of ether oxygens (including phenoxy) is 1. The highest BCUT2D eigenvalue weighted by atomic mass is 16.5. The molecule has 2 fully saturated rings. The maximum Gasteiger partial charge on any atom is 0.410 e. The number of nitrogens with zero attached hydrogens (tertiary/aromatic N) is 1. The molecule has 5 unspecified atom stereocenters. The maximum absolute atomic E-state index is 11.9. The molecule has 104 valence electrons. The molecule has 4 heteroatoms. The second-order valence-electron chi connectivity index (χ2n) is 5.89. The van der Waals surface area contributed by atoms with Crippen molar-refractivity contribution in [2.45, 2.75) is 24.1 Å². The molecule has 4 rings (SSSR count). The Labute approximate surface area is 117 Å². The molecule has 1 saturated carbocycles. The number of hydrogen-bond acceptors (Lipinski definition) is 3. The van der Waals surface area contributed by atoms with Gasteiger partial charge in [-0.3, -0.25) is 4.90 Å². The standard InChI is InChI=1S/C16H17NO3/c1-20-15(19)17-14-12(9-11-7-8-16(11,14)17)13(18)10-5-3-2-4-6-10/h2-8,11-14,18H,9H2,1H3. The van der Waals surface area contributed by atoms with Crippen molar-refractivity contribution in [2.24, 2.45) is 11.8 Å². The van der Waals surface area contributed by atoms with Gasteiger partial charge in [-0.1, -0.05) is 42.5 Å². The summed E-state index contributed by atoms with van der Waals surface area (Å²) < 4.78 is 4.86. The minimum Gasteiger partial charge on any atom is -0.453 e. The molecule has 4 nitrogen and oxygen atoms in total. The van der Waals surface area contributed by atoms with E-state index >= 15 is 0 Å². The average molecular weight is 271 g/mol. The second kappa shape index (κ2) is 3.85. The van der Waals surface area contributed by atoms with E-state index in [0.29, 0.717) is 5.92 Å². The number of amides is 1. The molecule has 1 spiro atoms. The molecule has 3 aliphatic rings. The maximum atomic E-state index is 11.9. The van der Waals surface area contributed by atoms with Gasteiger partial charge in [-0.25, -0.2) is 4.79 Å². The highest BCUT2D eigenvalue weighted by molar-refractivity contribution is 5.77. The lowest BCUT2D eigenvalue weighted by Gasteiger charge is -2.29. The Morgan fingerprint density at radius 3 is 2.80 bits per heavy atom. The Balaban J connectivity index is 1.61. The zero-order valence-corrected chi connectivity index (χ0v) is 11.3. The molecular formula is C16H17NO3. The normalized spacial score (nSPS) is 37.7. The van der Waals surface area contributed by atoms with Crippen molar-refractivity contribution in [3.63, 3.8) is 0 Å². The lowest BCUT2D eigenvalue weighted by atomic mass is 9.83. The van der Waals surface area contributed by atoms with Crippen LogP contribution in [0.4, 0.5) is 4.79 Å². The SMILES string of the molecule is COC(=O)N1C2C(C(O)c3ccccc3)CC3C=CC321. The number of hydrogen-bond donors (Lipinski definition) is 1. The average Bonchev–Trinajstić information content (AvgIpc) is 3.13. The fraction of sp³-hybridized carbons (Fsp3) is 0.438. The highest BCUT2D eigenvalue weighted by Crippen LogP contribution is 2.67. The van der Waals surface area contributed by atoms with E-state index in [4.69, 9.17) is 4.74 Å². The first-order valence-electron chi connectivity index (χ1n) is 7.00. The first-order valence-corrected chi connectivity index (χ1v) is 7.00. The quantitative estimate of drug-likeness (QED) is 0.662. The van der Waals surface area contributed by atoms with Crippen molar-refractivity contribution in [3.8, 4) is 0 Å². The van der Waals surface area contributed by atoms with Crippen LogP contribution < -0.4 is 0 Å². The Morgan fingerprint density at radius 2 is 2.20 bits per heavy atom. The number of piperidine rings is 1. The summed E-state index contributed by atoms with van der Waals surface area (Å²) in [6.07, 6.45) is 4.37. The summed E-state index contributed by atoms with van der Waals surface area (Å²) in [5.74, 6) is 0.450. The third-order valence-corrected chi connectivity index (χ3v) is 5.14. The van der Waals surface area contributed by atoms with E-state index in [1.54, 1.807) is 4.90 Å². The topological polar surface area (TPSA) is 49.5 Å². The summed E-state index contributed by atoms with van der Waals surface area (Å²) in [4.78, 5) is 13.7. The fourth-order valence-electron chi connectivity index (χ4n) is 4.14. The molecule has 0 bridgehead atoms. The van der Waals surface area contributed by atoms with Crippen LogP contribution in [-0.4, -0.2) is 34.8 Å². The van der Waals surface area contributed by atoms with Crippen LogP contribution in [0.3, 0.4) is 0 Å². The minimum atomic E-state index is -0.528. The Hall–Kier alpha value is -1.81. The summed E-state index contributed by atoms with van der Waals surface area (Å²) in [7, 11) is 1.41. The van der Waals surface area contributed by atoms with Crippen molar-refractivity contribution >= 4 is 6.09 Å². The first-order chi connectivity index (χ1) is 9.70. The van der Waals surface area contributed by atoms with Crippen LogP contribution in [0.2, 0.25) is 0 Å². The van der Waals surface area contributed by atoms with Crippen molar-refractivity contribution in [3.05, 3.63) is 48.0 Å². The van der Waals surface area contributed by atoms with Gasteiger partial charge < -0.3 is 9.84 Å². The van der Waals surface area contributed by atoms with E-state index in [1.165, 1.54) is 7.11 Å². The van der Waals surface area contributed by atoms with Gasteiger partial charge in [0, 0.05) is 11.8 Å². The number of likely N-dealkylation sites (tertiary alicyclic amines) is 1. The molecule has 1 aromatic carbocycles. The number of methoxy groups -OCH3 is 1. The van der Waals surface area contributed by atoms with Gasteiger partial charge in [0.2, 0.25) is 0 Å². The zero-order valence-electron chi connectivity index (χ0n) is 11.3. The summed E-state index contributed by atoms with van der Waals surface area (Å²) in [6, 6.07) is 9.77. The number of aliphatic hydroxyl groups excluding tert-OH is 1. The van der Waals surface area contributed by atoms with Crippen molar-refractivity contribution < 1.29 is 14.6 Å². The molecule has 1 aliphatic heterocycles. The Morgan fingerprint density at radius 1 is 1.45 bits per heavy atom. The Kier molecular flexibility index (Phi) is 2.31. The predicted octanol–water partition coefficient (Wildman–Crippen LogP) is 2.12. The summed E-state index contributed by atoms with van der Waals surface area (Å²) in [6.45, 7) is 0. The smallest absolute Gasteiger partial charge is 0.410 e. The van der Waals surface area contributed by atoms with Crippen LogP contribution in [0.25, 0.3) is 0 Å². The van der Waals surface area contributed by atoms with E-state index in [-0.39, 0.29) is 23.6 Å². The second-order valence-corrected chi connectivity index (χ2v) is 5.89. The predicted molar refractivity (Wildman–Crippen MR) is 72.9 cm³/mol. The van der Waals surface area contributed by atoms with Crippen molar-refractivity contribution in [2.75, 3.05) is 7.11 Å². The molecule has 1 N–H and O–H groups in total. The van der Waals surface area contributed by atoms with Crippen LogP contribution in [0.15, 0.2) is 42.5 Å². The van der Waals surface area contributed by atoms with E-state index < -0.39 is 6.10 Å². The molecule has 1 saturated heterocycles. The van der Waals surface area contributed by atoms with Gasteiger partial charge in [-0.2, -0.15) is 0 Å². The van der Waals surface area contributed by atoms with Crippen LogP contribution in [0.5, 0.6) is 0 Å². The minimum absolute atomic E-state index is 0.0801. The third-order valence-electron chi connectivity index (χ3n) is 5.14. The zero-order chi connectivity index (χ0) is 13.9. The van der Waals surface area contributed by atoms with Crippen molar-refractivity contribution in [1.82, 2.24) is 4.90 Å². The number of carbonyl (C=O) groups excluding carboxylic acids is 1. The lowest BCUT2D eigenvalue weighted by molar-refractivity contribution is 0.0843. The number of aliphatic hydroxyl groups is 1. The number of carbonyl (C=O) groups is 1. The van der Waals surface area contributed by atoms with E-state index in [0.717, 1.165) is 12.0 Å². The van der Waals surface area contributed by atoms with Gasteiger partial charge in [0.1, 0.15) is 0 Å². The third kappa shape index (κ3) is 1.27. The monoisotopic (exact) mass is 271 g/mol. The van der Waals surface area contributed by atoms with Crippen LogP contribution in [0.1, 0.15) is 18.1 Å². The van der Waals surface area contributed by atoms with Gasteiger partial charge in [0.15, 0.2) is 0 Å². The van der Waals surface area contributed by atoms with Crippen LogP contribution >= 0.6 is 0 Å². The first kappa shape index (κ1) is 12.0. The van der Waals surface area contributed by atoms with E-state index in [9.17, 15) is 9.90 Å². The van der Waals surface area contributed by atoms with E-state index in [2.05, 4.69) is 12.2 Å². The van der Waals surface area contributed by atoms with Gasteiger partial charge in [0.25, 0.3) is 0 Å². The summed E-state index contributed by atoms with van der Waals surface area (Å²) >= 11 is 0. The van der Waals surface area contributed by atoms with Gasteiger partial charge >= 0.3 is 6.09 Å². The molecule has 1 heterocycles. The van der Waals surface area contributed by atoms with Gasteiger partial charge in [0.05, 0.1) is 24.8 Å². The molecule has 1 amide bonds. The largest absolute Gasteiger partial charge is 0.453 e. The molecule has 2 aliphatic carbocycles. The molecule has 5 atom stereocenters. The fourth-order valence-corrected chi connectivity index (χ4v) is 4.14. The summed E-state index contributed by atoms with van der Waals surface area (Å²) in [5.41, 5.74) is 0.763. The molecule has 1 aromatic rings. The Bertz CT molecular complexity index is 585. The lowest BCUT2D eigenvalue weighted by Crippen LogP contribution is -2.34. The highest BCUT2D eigenvalue weighted by Gasteiger charge is 2.77. The van der Waals surface area contributed by atoms with Gasteiger partial charge in [-0.15, -0.1) is 0 Å². The van der Waals surface area contributed by atoms with Crippen LogP contribution in [-0.2, 0) is 4.74 Å². The van der Waals surface area contributed by atoms with E-state index in [1.807, 2.05) is 30.3 Å². The molecule has 0 aromatic heterocycles. The van der Waals surface area contributed by atoms with Gasteiger partial charge in [-0.05, 0) is 12.0 Å².